The Bertz CT molecular complexity index is 201. The van der Waals surface area contributed by atoms with Crippen LogP contribution in [0, 0.1) is 0 Å². The molecule has 0 aliphatic carbocycles. The van der Waals surface area contributed by atoms with Crippen LogP contribution in [-0.2, 0) is 0 Å². The lowest BCUT2D eigenvalue weighted by Gasteiger charge is -2.20. The van der Waals surface area contributed by atoms with Crippen LogP contribution in [-0.4, -0.2) is 10.5 Å². The maximum atomic E-state index is 11.7. The number of alkyl halides is 5. The van der Waals surface area contributed by atoms with E-state index in [2.05, 4.69) is 34.8 Å². The van der Waals surface area contributed by atoms with Crippen molar-refractivity contribution in [2.45, 2.75) is 10.5 Å². The summed E-state index contributed by atoms with van der Waals surface area (Å²) in [5, 5.41) is -1.93. The van der Waals surface area contributed by atoms with Crippen molar-refractivity contribution in [1.82, 2.24) is 0 Å². The smallest absolute Gasteiger partial charge is 0.172 e. The van der Waals surface area contributed by atoms with Crippen molar-refractivity contribution < 1.29 is 22.0 Å². The van der Waals surface area contributed by atoms with Crippen LogP contribution in [0.15, 0.2) is 11.1 Å². The van der Waals surface area contributed by atoms with Crippen LogP contribution >= 0.6 is 34.8 Å². The molecular formula is C4Cl3F5. The van der Waals surface area contributed by atoms with Crippen LogP contribution in [0.5, 0.6) is 0 Å². The molecule has 0 N–H and O–H groups in total. The van der Waals surface area contributed by atoms with Gasteiger partial charge in [-0.15, -0.1) is 0 Å². The predicted octanol–water partition coefficient (Wildman–Crippen LogP) is 4.07. The predicted molar refractivity (Wildman–Crippen MR) is 35.6 cm³/mol. The zero-order valence-corrected chi connectivity index (χ0v) is 7.29. The first kappa shape index (κ1) is 12.3. The van der Waals surface area contributed by atoms with E-state index in [0.29, 0.717) is 0 Å². The zero-order chi connectivity index (χ0) is 10.2. The molecule has 0 bridgehead atoms. The maximum absolute atomic E-state index is 11.7. The largest absolute Gasteiger partial charge is 0.426 e. The highest BCUT2D eigenvalue weighted by molar-refractivity contribution is 6.56. The van der Waals surface area contributed by atoms with Crippen molar-refractivity contribution in [1.29, 1.82) is 0 Å². The molecule has 0 saturated carbocycles. The molecule has 0 rings (SSSR count). The molecule has 0 fully saturated rings. The van der Waals surface area contributed by atoms with Crippen molar-refractivity contribution >= 4 is 34.8 Å². The van der Waals surface area contributed by atoms with Gasteiger partial charge in [-0.3, -0.25) is 0 Å². The fourth-order valence-electron chi connectivity index (χ4n) is 0.243. The molecule has 0 saturated heterocycles. The van der Waals surface area contributed by atoms with Gasteiger partial charge < -0.3 is 0 Å². The average molecular weight is 249 g/mol. The minimum atomic E-state index is -5.24. The van der Waals surface area contributed by atoms with Crippen LogP contribution in [0.25, 0.3) is 0 Å². The molecule has 0 heterocycles. The molecule has 0 nitrogen and oxygen atoms in total. The molecule has 0 aromatic carbocycles. The van der Waals surface area contributed by atoms with E-state index < -0.39 is 21.6 Å². The Kier molecular flexibility index (Phi) is 3.63. The van der Waals surface area contributed by atoms with E-state index in [9.17, 15) is 22.0 Å². The molecule has 0 aromatic rings. The molecule has 0 aliphatic heterocycles. The van der Waals surface area contributed by atoms with E-state index in [4.69, 9.17) is 0 Å². The Balaban J connectivity index is 5.01. The van der Waals surface area contributed by atoms with Gasteiger partial charge >= 0.3 is 6.18 Å². The molecule has 0 aliphatic rings. The summed E-state index contributed by atoms with van der Waals surface area (Å²) in [5.41, 5.74) is 0. The van der Waals surface area contributed by atoms with Crippen molar-refractivity contribution in [2.24, 2.45) is 0 Å². The summed E-state index contributed by atoms with van der Waals surface area (Å²) in [6.07, 6.45) is -8.00. The van der Waals surface area contributed by atoms with Crippen LogP contribution in [0.4, 0.5) is 22.0 Å². The summed E-state index contributed by atoms with van der Waals surface area (Å²) in [6.45, 7) is 0. The highest BCUT2D eigenvalue weighted by atomic mass is 35.5. The number of hydrogen-bond donors (Lipinski definition) is 0. The average Bonchev–Trinajstić information content (AvgIpc) is 1.83. The van der Waals surface area contributed by atoms with E-state index in [1.54, 1.807) is 0 Å². The summed E-state index contributed by atoms with van der Waals surface area (Å²) >= 11 is 13.6. The Morgan fingerprint density at radius 1 is 1.00 bits per heavy atom. The Morgan fingerprint density at radius 2 is 1.33 bits per heavy atom. The summed E-state index contributed by atoms with van der Waals surface area (Å²) in [7, 11) is 0. The van der Waals surface area contributed by atoms with Crippen LogP contribution in [0.3, 0.4) is 0 Å². The number of hydrogen-bond acceptors (Lipinski definition) is 0. The van der Waals surface area contributed by atoms with Gasteiger partial charge in [-0.1, -0.05) is 34.8 Å². The minimum absolute atomic E-state index is 1.93. The molecular weight excluding hydrogens is 249 g/mol. The normalized spacial score (nSPS) is 13.0. The van der Waals surface area contributed by atoms with Gasteiger partial charge in [0.15, 0.2) is 0 Å². The number of halogens is 8. The van der Waals surface area contributed by atoms with Crippen molar-refractivity contribution in [2.75, 3.05) is 0 Å². The van der Waals surface area contributed by atoms with Gasteiger partial charge in [0, 0.05) is 0 Å². The summed E-state index contributed by atoms with van der Waals surface area (Å²) < 4.78 is 54.5. The van der Waals surface area contributed by atoms with Gasteiger partial charge in [0.25, 0.3) is 10.4 Å². The first-order chi connectivity index (χ1) is 5.10. The third-order valence-electron chi connectivity index (χ3n) is 0.798. The van der Waals surface area contributed by atoms with Crippen molar-refractivity contribution in [3.8, 4) is 0 Å². The Hall–Kier alpha value is 0.260. The monoisotopic (exact) mass is 248 g/mol. The second-order valence-electron chi connectivity index (χ2n) is 1.65. The van der Waals surface area contributed by atoms with Gasteiger partial charge in [-0.2, -0.15) is 22.0 Å². The molecule has 72 valence electrons. The van der Waals surface area contributed by atoms with Gasteiger partial charge in [0.2, 0.25) is 0 Å². The first-order valence-corrected chi connectivity index (χ1v) is 3.40. The maximum Gasteiger partial charge on any atom is 0.426 e. The third kappa shape index (κ3) is 2.37. The van der Waals surface area contributed by atoms with Crippen LogP contribution in [0.1, 0.15) is 0 Å². The van der Waals surface area contributed by atoms with Crippen LogP contribution < -0.4 is 0 Å². The molecule has 0 aromatic heterocycles. The van der Waals surface area contributed by atoms with Gasteiger partial charge in [0.05, 0.1) is 0 Å². The lowest BCUT2D eigenvalue weighted by atomic mass is 10.4. The molecule has 0 atom stereocenters. The molecule has 12 heavy (non-hydrogen) atoms. The van der Waals surface area contributed by atoms with Crippen LogP contribution in [0.2, 0.25) is 0 Å². The van der Waals surface area contributed by atoms with E-state index >= 15 is 0 Å². The highest BCUT2D eigenvalue weighted by Gasteiger charge is 2.56. The molecule has 0 radical (unpaired) electrons. The zero-order valence-electron chi connectivity index (χ0n) is 5.02. The molecule has 0 unspecified atom stereocenters. The quantitative estimate of drug-likeness (QED) is 0.485. The van der Waals surface area contributed by atoms with Gasteiger partial charge in [0.1, 0.15) is 5.03 Å². The van der Waals surface area contributed by atoms with E-state index in [-0.39, 0.29) is 0 Å². The fraction of sp³-hybridized carbons (Fsp3) is 0.500. The SMILES string of the molecule is FC(F)=C(Cl)C(Cl)(Cl)C(F)(F)F. The second kappa shape index (κ2) is 3.55. The minimum Gasteiger partial charge on any atom is -0.172 e. The Labute approximate surface area is 78.9 Å². The lowest BCUT2D eigenvalue weighted by Crippen LogP contribution is -2.34. The Morgan fingerprint density at radius 3 is 1.42 bits per heavy atom. The van der Waals surface area contributed by atoms with Gasteiger partial charge in [-0.25, -0.2) is 0 Å². The van der Waals surface area contributed by atoms with Crippen molar-refractivity contribution in [3.05, 3.63) is 11.1 Å². The van der Waals surface area contributed by atoms with E-state index in [0.717, 1.165) is 0 Å². The fourth-order valence-corrected chi connectivity index (χ4v) is 0.493. The molecule has 0 spiro atoms. The summed E-state index contributed by atoms with van der Waals surface area (Å²) in [5.74, 6) is 0. The number of rotatable bonds is 1. The molecule has 0 amide bonds. The summed E-state index contributed by atoms with van der Waals surface area (Å²) in [4.78, 5) is 0. The number of allylic oxidation sites excluding steroid dienone is 1. The van der Waals surface area contributed by atoms with Gasteiger partial charge in [-0.05, 0) is 0 Å². The van der Waals surface area contributed by atoms with Crippen molar-refractivity contribution in [3.63, 3.8) is 0 Å². The molecule has 8 heteroatoms. The summed E-state index contributed by atoms with van der Waals surface area (Å²) in [6, 6.07) is 0. The van der Waals surface area contributed by atoms with E-state index in [1.165, 1.54) is 0 Å². The van der Waals surface area contributed by atoms with E-state index in [1.807, 2.05) is 0 Å². The standard InChI is InChI=1S/C4Cl3F5/c5-1(2(8)9)3(6,7)4(10,11)12. The lowest BCUT2D eigenvalue weighted by molar-refractivity contribution is -0.133. The topological polar surface area (TPSA) is 0 Å². The highest BCUT2D eigenvalue weighted by Crippen LogP contribution is 2.48. The third-order valence-corrected chi connectivity index (χ3v) is 2.22. The second-order valence-corrected chi connectivity index (χ2v) is 3.35. The first-order valence-electron chi connectivity index (χ1n) is 2.26.